The molecule has 0 saturated heterocycles. The van der Waals surface area contributed by atoms with Crippen LogP contribution in [0.2, 0.25) is 0 Å². The molecule has 1 atom stereocenters. The topological polar surface area (TPSA) is 75.8 Å². The fraction of sp³-hybridized carbons (Fsp3) is 0.375. The van der Waals surface area contributed by atoms with Crippen molar-refractivity contribution in [1.82, 2.24) is 4.90 Å². The highest BCUT2D eigenvalue weighted by Crippen LogP contribution is 2.43. The zero-order chi connectivity index (χ0) is 20.4. The van der Waals surface area contributed by atoms with Gasteiger partial charge in [0.05, 0.1) is 0 Å². The van der Waals surface area contributed by atoms with E-state index in [2.05, 4.69) is 0 Å². The van der Waals surface area contributed by atoms with Crippen molar-refractivity contribution >= 4 is 17.5 Å². The van der Waals surface area contributed by atoms with Crippen molar-refractivity contribution < 1.29 is 9.59 Å². The van der Waals surface area contributed by atoms with Gasteiger partial charge in [0.15, 0.2) is 0 Å². The summed E-state index contributed by atoms with van der Waals surface area (Å²) in [5, 5.41) is 0. The Balaban J connectivity index is 1.83. The largest absolute Gasteiger partial charge is 0.368 e. The minimum Gasteiger partial charge on any atom is -0.368 e. The number of nitrogens with two attached hydrogens (primary N) is 1. The van der Waals surface area contributed by atoms with Crippen molar-refractivity contribution in [2.45, 2.75) is 57.2 Å². The summed E-state index contributed by atoms with van der Waals surface area (Å²) in [4.78, 5) is 33.0. The molecular formula is C24H27N3O2. The summed E-state index contributed by atoms with van der Waals surface area (Å²) in [6.07, 6.45) is 5.70. The van der Waals surface area contributed by atoms with E-state index in [-0.39, 0.29) is 5.91 Å². The number of rotatable bonds is 4. The number of nitrogens with zero attached hydrogens (tertiary/aromatic N) is 2. The molecule has 1 heterocycles. The van der Waals surface area contributed by atoms with E-state index in [1.165, 1.54) is 0 Å². The molecule has 0 bridgehead atoms. The first-order valence-electron chi connectivity index (χ1n) is 10.4. The molecule has 1 aliphatic heterocycles. The van der Waals surface area contributed by atoms with Crippen molar-refractivity contribution in [2.75, 3.05) is 0 Å². The zero-order valence-corrected chi connectivity index (χ0v) is 16.8. The summed E-state index contributed by atoms with van der Waals surface area (Å²) >= 11 is 0. The van der Waals surface area contributed by atoms with Gasteiger partial charge in [-0.05, 0) is 38.2 Å². The van der Waals surface area contributed by atoms with Gasteiger partial charge in [-0.25, -0.2) is 0 Å². The fourth-order valence-electron chi connectivity index (χ4n) is 4.59. The molecular weight excluding hydrogens is 362 g/mol. The Morgan fingerprint density at radius 3 is 2.21 bits per heavy atom. The van der Waals surface area contributed by atoms with Crippen LogP contribution in [0, 0.1) is 6.92 Å². The number of aryl methyl sites for hydroxylation is 1. The Bertz CT molecular complexity index is 926. The summed E-state index contributed by atoms with van der Waals surface area (Å²) in [7, 11) is 0. The minimum atomic E-state index is -0.828. The fourth-order valence-corrected chi connectivity index (χ4v) is 4.59. The Hall–Kier alpha value is -2.95. The van der Waals surface area contributed by atoms with Gasteiger partial charge in [-0.1, -0.05) is 73.0 Å². The molecule has 1 aliphatic carbocycles. The van der Waals surface area contributed by atoms with Crippen LogP contribution in [0.5, 0.6) is 0 Å². The molecule has 29 heavy (non-hydrogen) atoms. The van der Waals surface area contributed by atoms with E-state index in [0.29, 0.717) is 5.71 Å². The Morgan fingerprint density at radius 1 is 1.00 bits per heavy atom. The summed E-state index contributed by atoms with van der Waals surface area (Å²) in [6, 6.07) is 16.4. The van der Waals surface area contributed by atoms with E-state index < -0.39 is 17.6 Å². The van der Waals surface area contributed by atoms with E-state index >= 15 is 0 Å². The molecule has 1 fully saturated rings. The molecule has 0 aromatic heterocycles. The number of carbonyl (C=O) groups excluding carboxylic acids is 2. The second-order valence-corrected chi connectivity index (χ2v) is 8.11. The van der Waals surface area contributed by atoms with Gasteiger partial charge in [-0.3, -0.25) is 19.5 Å². The van der Waals surface area contributed by atoms with Crippen LogP contribution in [0.3, 0.4) is 0 Å². The van der Waals surface area contributed by atoms with Crippen LogP contribution < -0.4 is 5.73 Å². The van der Waals surface area contributed by atoms with Gasteiger partial charge in [0.1, 0.15) is 17.4 Å². The van der Waals surface area contributed by atoms with Gasteiger partial charge in [0, 0.05) is 5.56 Å². The number of primary amides is 1. The number of hydrogen-bond donors (Lipinski definition) is 1. The maximum atomic E-state index is 13.7. The van der Waals surface area contributed by atoms with Crippen LogP contribution in [-0.4, -0.2) is 28.1 Å². The van der Waals surface area contributed by atoms with Crippen molar-refractivity contribution in [3.8, 4) is 0 Å². The van der Waals surface area contributed by atoms with E-state index in [1.807, 2.05) is 61.5 Å². The summed E-state index contributed by atoms with van der Waals surface area (Å²) in [6.45, 7) is 1.99. The van der Waals surface area contributed by atoms with Gasteiger partial charge in [0.2, 0.25) is 5.91 Å². The maximum absolute atomic E-state index is 13.7. The number of carbonyl (C=O) groups is 2. The SMILES string of the molecule is Cc1ccc(C(C(N)=O)N2C(=O)C(c3ccccc3)=NC23CCCCCC3)cc1. The van der Waals surface area contributed by atoms with Crippen LogP contribution in [0.15, 0.2) is 59.6 Å². The van der Waals surface area contributed by atoms with Crippen LogP contribution >= 0.6 is 0 Å². The molecule has 0 radical (unpaired) electrons. The monoisotopic (exact) mass is 389 g/mol. The minimum absolute atomic E-state index is 0.206. The average molecular weight is 389 g/mol. The Kier molecular flexibility index (Phi) is 5.22. The normalized spacial score (nSPS) is 19.7. The van der Waals surface area contributed by atoms with Gasteiger partial charge >= 0.3 is 0 Å². The van der Waals surface area contributed by atoms with Gasteiger partial charge in [-0.2, -0.15) is 0 Å². The number of benzene rings is 2. The van der Waals surface area contributed by atoms with E-state index in [0.717, 1.165) is 55.2 Å². The highest BCUT2D eigenvalue weighted by molar-refractivity contribution is 6.47. The first-order chi connectivity index (χ1) is 14.0. The molecule has 2 aromatic rings. The predicted molar refractivity (Wildman–Crippen MR) is 113 cm³/mol. The first-order valence-corrected chi connectivity index (χ1v) is 10.4. The summed E-state index contributed by atoms with van der Waals surface area (Å²) in [5.41, 5.74) is 8.23. The standard InChI is InChI=1S/C24H27N3O2/c1-17-11-13-19(14-12-17)21(22(25)28)27-23(29)20(18-9-5-4-6-10-18)26-24(27)15-7-2-3-8-16-24/h4-6,9-14,21H,2-3,7-8,15-16H2,1H3,(H2,25,28). The molecule has 5 nitrogen and oxygen atoms in total. The smallest absolute Gasteiger partial charge is 0.275 e. The molecule has 1 saturated carbocycles. The lowest BCUT2D eigenvalue weighted by Crippen LogP contribution is -2.52. The zero-order valence-electron chi connectivity index (χ0n) is 16.8. The maximum Gasteiger partial charge on any atom is 0.275 e. The lowest BCUT2D eigenvalue weighted by atomic mass is 9.94. The molecule has 2 aromatic carbocycles. The molecule has 5 heteroatoms. The van der Waals surface area contributed by atoms with E-state index in [1.54, 1.807) is 4.90 Å². The molecule has 2 aliphatic rings. The van der Waals surface area contributed by atoms with E-state index in [9.17, 15) is 9.59 Å². The van der Waals surface area contributed by atoms with Crippen molar-refractivity contribution in [1.29, 1.82) is 0 Å². The van der Waals surface area contributed by atoms with E-state index in [4.69, 9.17) is 10.7 Å². The third-order valence-electron chi connectivity index (χ3n) is 6.06. The van der Waals surface area contributed by atoms with Gasteiger partial charge in [0.25, 0.3) is 5.91 Å². The second kappa shape index (κ2) is 7.82. The predicted octanol–water partition coefficient (Wildman–Crippen LogP) is 3.90. The van der Waals surface area contributed by atoms with Crippen LogP contribution in [0.25, 0.3) is 0 Å². The molecule has 1 unspecified atom stereocenters. The Labute approximate surface area is 171 Å². The molecule has 2 N–H and O–H groups in total. The molecule has 1 spiro atoms. The molecule has 150 valence electrons. The number of aliphatic imine (C=N–C) groups is 1. The quantitative estimate of drug-likeness (QED) is 0.861. The number of amides is 2. The lowest BCUT2D eigenvalue weighted by Gasteiger charge is -2.40. The first kappa shape index (κ1) is 19.4. The lowest BCUT2D eigenvalue weighted by molar-refractivity contribution is -0.140. The summed E-state index contributed by atoms with van der Waals surface area (Å²) < 4.78 is 0. The highest BCUT2D eigenvalue weighted by Gasteiger charge is 2.51. The molecule has 4 rings (SSSR count). The van der Waals surface area contributed by atoms with Crippen molar-refractivity contribution in [2.24, 2.45) is 10.7 Å². The molecule has 2 amide bonds. The number of hydrogen-bond acceptors (Lipinski definition) is 3. The third kappa shape index (κ3) is 3.57. The third-order valence-corrected chi connectivity index (χ3v) is 6.06. The Morgan fingerprint density at radius 2 is 1.62 bits per heavy atom. The van der Waals surface area contributed by atoms with Crippen LogP contribution in [0.1, 0.15) is 61.3 Å². The summed E-state index contributed by atoms with van der Waals surface area (Å²) in [5.74, 6) is -0.724. The second-order valence-electron chi connectivity index (χ2n) is 8.11. The van der Waals surface area contributed by atoms with Crippen LogP contribution in [0.4, 0.5) is 0 Å². The van der Waals surface area contributed by atoms with Gasteiger partial charge < -0.3 is 5.73 Å². The average Bonchev–Trinajstić information content (AvgIpc) is 2.86. The van der Waals surface area contributed by atoms with Gasteiger partial charge in [-0.15, -0.1) is 0 Å². The van der Waals surface area contributed by atoms with Crippen LogP contribution in [-0.2, 0) is 9.59 Å². The highest BCUT2D eigenvalue weighted by atomic mass is 16.2. The van der Waals surface area contributed by atoms with Crippen molar-refractivity contribution in [3.05, 3.63) is 71.3 Å². The van der Waals surface area contributed by atoms with Crippen molar-refractivity contribution in [3.63, 3.8) is 0 Å².